The second-order valence-corrected chi connectivity index (χ2v) is 25.6. The molecule has 0 fully saturated rings. The van der Waals surface area contributed by atoms with E-state index in [2.05, 4.69) is 26.6 Å². The summed E-state index contributed by atoms with van der Waals surface area (Å²) in [6, 6.07) is -2.27. The molecule has 2 unspecified atom stereocenters. The standard InChI is InChI=1S/C63H116N6O19/c1-61(2,3)86-58(77)27-25-23-21-19-17-15-13-12-14-16-18-20-22-24-26-53(71)67-51(60(79)88-63(7,8)9)29-31-54(72)68-50(59(78)87-62(4,5)6)28-30-52(70)65-34-39-81-44-47-85-49-56(74)66-35-40-82-45-46-84-48-55(73)64-33-36-69(10,11)37-41-83-43-42-80-38-32-57(75)76/h50-51H,12-49H2,1-11H3,(H5-,64,65,66,67,68,70,71,72,73,74,75,76)/p+1. The SMILES string of the molecule is CC(C)(C)OC(=O)CCCCCCCCCCCCCCCCC(=O)NC(CCC(=O)NC(CCC(=O)NCCOCCOCC(=O)NCCOCCOCC(=O)NCC[N+](C)(C)CCOCCOCCC(=O)O)C(=O)OC(C)(C)C)C(=O)OC(C)(C)C. The van der Waals surface area contributed by atoms with Crippen LogP contribution in [0.2, 0.25) is 0 Å². The van der Waals surface area contributed by atoms with E-state index < -0.39 is 58.6 Å². The van der Waals surface area contributed by atoms with E-state index in [9.17, 15) is 43.2 Å². The molecule has 25 heteroatoms. The van der Waals surface area contributed by atoms with E-state index in [1.807, 2.05) is 34.9 Å². The molecule has 88 heavy (non-hydrogen) atoms. The predicted octanol–water partition coefficient (Wildman–Crippen LogP) is 5.78. The average molecular weight is 1260 g/mol. The minimum atomic E-state index is -1.17. The normalized spacial score (nSPS) is 12.6. The van der Waals surface area contributed by atoms with Crippen LogP contribution in [0.4, 0.5) is 0 Å². The molecule has 0 aliphatic heterocycles. The van der Waals surface area contributed by atoms with Crippen LogP contribution in [0.3, 0.4) is 0 Å². The molecule has 0 aromatic rings. The quantitative estimate of drug-likeness (QED) is 0.0182. The molecule has 5 amide bonds. The van der Waals surface area contributed by atoms with E-state index in [0.717, 1.165) is 51.5 Å². The van der Waals surface area contributed by atoms with E-state index in [4.69, 9.17) is 47.7 Å². The van der Waals surface area contributed by atoms with E-state index in [0.29, 0.717) is 50.2 Å². The number of esters is 3. The first-order chi connectivity index (χ1) is 41.5. The number of aliphatic carboxylic acids is 1. The van der Waals surface area contributed by atoms with Crippen molar-refractivity contribution in [2.45, 2.75) is 226 Å². The third-order valence-electron chi connectivity index (χ3n) is 12.9. The Balaban J connectivity index is 4.42. The van der Waals surface area contributed by atoms with Crippen molar-refractivity contribution in [2.24, 2.45) is 0 Å². The Morgan fingerprint density at radius 2 is 0.716 bits per heavy atom. The molecule has 512 valence electrons. The highest BCUT2D eigenvalue weighted by Gasteiger charge is 2.30. The topological polar surface area (TPSA) is 317 Å². The maximum absolute atomic E-state index is 13.3. The molecule has 0 bridgehead atoms. The summed E-state index contributed by atoms with van der Waals surface area (Å²) in [5.74, 6) is -4.30. The molecule has 0 heterocycles. The third kappa shape index (κ3) is 56.2. The third-order valence-corrected chi connectivity index (χ3v) is 12.9. The number of quaternary nitrogens is 1. The van der Waals surface area contributed by atoms with Crippen LogP contribution in [0.1, 0.15) is 197 Å². The first kappa shape index (κ1) is 83.0. The molecule has 0 aromatic carbocycles. The van der Waals surface area contributed by atoms with Gasteiger partial charge in [-0.05, 0) is 88.0 Å². The highest BCUT2D eigenvalue weighted by Crippen LogP contribution is 2.17. The van der Waals surface area contributed by atoms with Gasteiger partial charge in [-0.3, -0.25) is 33.6 Å². The van der Waals surface area contributed by atoms with Crippen LogP contribution in [-0.4, -0.2) is 218 Å². The number of hydrogen-bond donors (Lipinski definition) is 6. The molecule has 0 radical (unpaired) electrons. The van der Waals surface area contributed by atoms with Crippen LogP contribution in [0.15, 0.2) is 0 Å². The Morgan fingerprint density at radius 1 is 0.364 bits per heavy atom. The minimum Gasteiger partial charge on any atom is -0.481 e. The summed E-state index contributed by atoms with van der Waals surface area (Å²) in [5, 5.41) is 22.3. The molecule has 6 N–H and O–H groups in total. The lowest BCUT2D eigenvalue weighted by molar-refractivity contribution is -0.889. The summed E-state index contributed by atoms with van der Waals surface area (Å²) >= 11 is 0. The highest BCUT2D eigenvalue weighted by atomic mass is 16.6. The van der Waals surface area contributed by atoms with Crippen LogP contribution >= 0.6 is 0 Å². The Bertz CT molecular complexity index is 1950. The van der Waals surface area contributed by atoms with Crippen LogP contribution in [-0.2, 0) is 85.8 Å². The van der Waals surface area contributed by atoms with Crippen molar-refractivity contribution in [3.63, 3.8) is 0 Å². The van der Waals surface area contributed by atoms with Crippen molar-refractivity contribution in [3.05, 3.63) is 0 Å². The molecule has 0 aliphatic rings. The Kier molecular flexibility index (Phi) is 46.8. The predicted molar refractivity (Wildman–Crippen MR) is 332 cm³/mol. The number of carboxylic acid groups (broad SMARTS) is 1. The van der Waals surface area contributed by atoms with Crippen molar-refractivity contribution in [2.75, 3.05) is 126 Å². The summed E-state index contributed by atoms with van der Waals surface area (Å²) < 4.78 is 49.5. The summed E-state index contributed by atoms with van der Waals surface area (Å²) in [5.41, 5.74) is -2.15. The number of likely N-dealkylation sites (N-methyl/N-ethyl adjacent to an activating group) is 1. The summed E-state index contributed by atoms with van der Waals surface area (Å²) in [6.45, 7) is 20.3. The molecule has 0 aromatic heterocycles. The zero-order valence-corrected chi connectivity index (χ0v) is 55.8. The van der Waals surface area contributed by atoms with Crippen molar-refractivity contribution >= 4 is 53.4 Å². The van der Waals surface area contributed by atoms with E-state index in [-0.39, 0.29) is 135 Å². The molecule has 0 spiro atoms. The van der Waals surface area contributed by atoms with Crippen LogP contribution < -0.4 is 26.6 Å². The van der Waals surface area contributed by atoms with E-state index >= 15 is 0 Å². The number of unbranched alkanes of at least 4 members (excludes halogenated alkanes) is 13. The van der Waals surface area contributed by atoms with E-state index in [1.54, 1.807) is 41.5 Å². The number of ether oxygens (including phenoxy) is 9. The van der Waals surface area contributed by atoms with Gasteiger partial charge in [0.25, 0.3) is 0 Å². The van der Waals surface area contributed by atoms with Crippen LogP contribution in [0, 0.1) is 0 Å². The zero-order valence-electron chi connectivity index (χ0n) is 55.8. The van der Waals surface area contributed by atoms with Gasteiger partial charge in [0.2, 0.25) is 29.5 Å². The van der Waals surface area contributed by atoms with Crippen molar-refractivity contribution in [1.82, 2.24) is 26.6 Å². The van der Waals surface area contributed by atoms with Gasteiger partial charge in [0.1, 0.15) is 48.6 Å². The number of carboxylic acids is 1. The Morgan fingerprint density at radius 3 is 1.15 bits per heavy atom. The Labute approximate surface area is 525 Å². The highest BCUT2D eigenvalue weighted by molar-refractivity contribution is 5.87. The maximum Gasteiger partial charge on any atom is 0.329 e. The fourth-order valence-corrected chi connectivity index (χ4v) is 8.28. The summed E-state index contributed by atoms with van der Waals surface area (Å²) in [7, 11) is 4.05. The molecule has 2 atom stereocenters. The number of nitrogens with zero attached hydrogens (tertiary/aromatic N) is 1. The van der Waals surface area contributed by atoms with Crippen LogP contribution in [0.25, 0.3) is 0 Å². The number of hydrogen-bond acceptors (Lipinski definition) is 18. The van der Waals surface area contributed by atoms with Gasteiger partial charge in [-0.2, -0.15) is 0 Å². The van der Waals surface area contributed by atoms with Gasteiger partial charge in [-0.25, -0.2) is 9.59 Å². The molecule has 0 aliphatic carbocycles. The minimum absolute atomic E-state index is 0.0406. The van der Waals surface area contributed by atoms with E-state index in [1.165, 1.54) is 38.5 Å². The van der Waals surface area contributed by atoms with Gasteiger partial charge in [0, 0.05) is 38.8 Å². The first-order valence-electron chi connectivity index (χ1n) is 32.0. The average Bonchev–Trinajstić information content (AvgIpc) is 3.54. The molecule has 0 rings (SSSR count). The van der Waals surface area contributed by atoms with Gasteiger partial charge >= 0.3 is 23.9 Å². The summed E-state index contributed by atoms with van der Waals surface area (Å²) in [6.07, 6.45) is 15.3. The second kappa shape index (κ2) is 49.7. The fraction of sp³-hybridized carbons (Fsp3) is 0.857. The van der Waals surface area contributed by atoms with Crippen molar-refractivity contribution in [1.29, 1.82) is 0 Å². The zero-order chi connectivity index (χ0) is 66.1. The number of amides is 5. The lowest BCUT2D eigenvalue weighted by Gasteiger charge is -2.29. The van der Waals surface area contributed by atoms with Crippen molar-refractivity contribution in [3.8, 4) is 0 Å². The molecular formula is C63H117N6O19+. The number of rotatable bonds is 55. The number of carbonyl (C=O) groups is 9. The monoisotopic (exact) mass is 1260 g/mol. The van der Waals surface area contributed by atoms with Gasteiger partial charge in [-0.15, -0.1) is 0 Å². The number of carbonyl (C=O) groups excluding carboxylic acids is 8. The largest absolute Gasteiger partial charge is 0.481 e. The van der Waals surface area contributed by atoms with Gasteiger partial charge < -0.3 is 78.8 Å². The van der Waals surface area contributed by atoms with Crippen LogP contribution in [0.5, 0.6) is 0 Å². The number of nitrogens with one attached hydrogen (secondary N) is 5. The molecule has 0 saturated carbocycles. The lowest BCUT2D eigenvalue weighted by atomic mass is 10.0. The second-order valence-electron chi connectivity index (χ2n) is 25.6. The maximum atomic E-state index is 13.3. The Hall–Kier alpha value is -5.05. The summed E-state index contributed by atoms with van der Waals surface area (Å²) in [4.78, 5) is 112. The fourth-order valence-electron chi connectivity index (χ4n) is 8.28. The first-order valence-corrected chi connectivity index (χ1v) is 32.0. The van der Waals surface area contributed by atoms with Gasteiger partial charge in [0.15, 0.2) is 0 Å². The lowest BCUT2D eigenvalue weighted by Crippen LogP contribution is -2.47. The van der Waals surface area contributed by atoms with Gasteiger partial charge in [0.05, 0.1) is 99.7 Å². The molecule has 0 saturated heterocycles. The molecular weight excluding hydrogens is 1140 g/mol. The smallest absolute Gasteiger partial charge is 0.329 e. The van der Waals surface area contributed by atoms with Crippen molar-refractivity contribution < 1.29 is 95.4 Å². The molecule has 25 nitrogen and oxygen atoms in total. The van der Waals surface area contributed by atoms with Gasteiger partial charge in [-0.1, -0.05) is 77.0 Å².